The van der Waals surface area contributed by atoms with Crippen LogP contribution in [0.2, 0.25) is 0 Å². The topological polar surface area (TPSA) is 59.1 Å². The third kappa shape index (κ3) is 4.00. The first-order chi connectivity index (χ1) is 15.6. The summed E-state index contributed by atoms with van der Waals surface area (Å²) in [5.74, 6) is 0.722. The van der Waals surface area contributed by atoms with Gasteiger partial charge in [0.15, 0.2) is 0 Å². The molecule has 2 saturated carbocycles. The first-order valence-electron chi connectivity index (χ1n) is 12.5. The maximum Gasteiger partial charge on any atom is 0.331 e. The van der Waals surface area contributed by atoms with E-state index < -0.39 is 11.7 Å². The summed E-state index contributed by atoms with van der Waals surface area (Å²) >= 11 is 0. The molecule has 33 heavy (non-hydrogen) atoms. The number of carbonyl (C=O) groups is 1. The molecule has 1 N–H and O–H groups in total. The molecule has 0 spiro atoms. The van der Waals surface area contributed by atoms with Crippen LogP contribution in [-0.4, -0.2) is 34.5 Å². The van der Waals surface area contributed by atoms with Crippen LogP contribution in [0.1, 0.15) is 65.9 Å². The van der Waals surface area contributed by atoms with Crippen LogP contribution in [0.5, 0.6) is 0 Å². The molecule has 1 heterocycles. The molecule has 0 amide bonds. The minimum atomic E-state index is -0.751. The van der Waals surface area contributed by atoms with Gasteiger partial charge in [0.05, 0.1) is 23.7 Å². The normalized spacial score (nSPS) is 45.1. The Labute approximate surface area is 198 Å². The van der Waals surface area contributed by atoms with Crippen molar-refractivity contribution in [3.05, 3.63) is 53.6 Å². The van der Waals surface area contributed by atoms with Crippen LogP contribution in [0.3, 0.4) is 0 Å². The van der Waals surface area contributed by atoms with E-state index in [1.165, 1.54) is 11.6 Å². The van der Waals surface area contributed by atoms with E-state index in [1.807, 2.05) is 30.3 Å². The van der Waals surface area contributed by atoms with E-state index in [2.05, 4.69) is 40.7 Å². The minimum absolute atomic E-state index is 0.0511. The van der Waals surface area contributed by atoms with Crippen LogP contribution < -0.4 is 0 Å². The highest BCUT2D eigenvalue weighted by molar-refractivity contribution is 5.87. The molecule has 4 aliphatic rings. The van der Waals surface area contributed by atoms with E-state index in [0.29, 0.717) is 30.1 Å². The molecular formula is C29H38O4. The van der Waals surface area contributed by atoms with Crippen molar-refractivity contribution in [1.82, 2.24) is 0 Å². The van der Waals surface area contributed by atoms with Crippen LogP contribution in [0.4, 0.5) is 0 Å². The van der Waals surface area contributed by atoms with Crippen LogP contribution >= 0.6 is 0 Å². The van der Waals surface area contributed by atoms with Gasteiger partial charge in [0, 0.05) is 12.5 Å². The number of hydrogen-bond acceptors (Lipinski definition) is 4. The molecule has 0 radical (unpaired) electrons. The SMILES string of the molecule is C/C1=C\[C@@H]2[C@H](CC[C@]3(C)O[C@@H]3[C@H]3[C@@H](O)[C@@H](C)C[C@]3(OC(=O)/C=C/c3ccccc3)C1)C2(C)C. The van der Waals surface area contributed by atoms with Crippen LogP contribution in [0.25, 0.3) is 6.08 Å². The van der Waals surface area contributed by atoms with Gasteiger partial charge in [0.1, 0.15) is 5.60 Å². The molecule has 3 aliphatic carbocycles. The molecule has 1 saturated heterocycles. The number of benzene rings is 1. The zero-order chi connectivity index (χ0) is 23.6. The smallest absolute Gasteiger partial charge is 0.331 e. The number of ether oxygens (including phenoxy) is 2. The molecule has 4 nitrogen and oxygen atoms in total. The zero-order valence-corrected chi connectivity index (χ0v) is 20.6. The maximum atomic E-state index is 13.1. The molecule has 0 bridgehead atoms. The lowest BCUT2D eigenvalue weighted by atomic mass is 9.78. The second kappa shape index (κ2) is 7.81. The number of aliphatic hydroxyl groups is 1. The van der Waals surface area contributed by atoms with E-state index in [0.717, 1.165) is 18.4 Å². The highest BCUT2D eigenvalue weighted by atomic mass is 16.6. The monoisotopic (exact) mass is 450 g/mol. The summed E-state index contributed by atoms with van der Waals surface area (Å²) in [4.78, 5) is 13.1. The molecular weight excluding hydrogens is 412 g/mol. The van der Waals surface area contributed by atoms with Gasteiger partial charge in [-0.1, -0.05) is 62.8 Å². The first kappa shape index (κ1) is 22.9. The van der Waals surface area contributed by atoms with Crippen molar-refractivity contribution in [1.29, 1.82) is 0 Å². The first-order valence-corrected chi connectivity index (χ1v) is 12.5. The van der Waals surface area contributed by atoms with Crippen LogP contribution in [0, 0.1) is 29.1 Å². The fourth-order valence-corrected chi connectivity index (χ4v) is 7.08. The Balaban J connectivity index is 1.47. The summed E-state index contributed by atoms with van der Waals surface area (Å²) in [6.07, 6.45) is 8.56. The summed E-state index contributed by atoms with van der Waals surface area (Å²) in [5, 5.41) is 11.3. The Kier molecular flexibility index (Phi) is 5.41. The predicted octanol–water partition coefficient (Wildman–Crippen LogP) is 5.56. The molecule has 5 rings (SSSR count). The minimum Gasteiger partial charge on any atom is -0.455 e. The van der Waals surface area contributed by atoms with Gasteiger partial charge in [-0.15, -0.1) is 0 Å². The van der Waals surface area contributed by atoms with Gasteiger partial charge in [-0.3, -0.25) is 0 Å². The largest absolute Gasteiger partial charge is 0.455 e. The molecule has 0 unspecified atom stereocenters. The number of allylic oxidation sites excluding steroid dienone is 1. The number of esters is 1. The summed E-state index contributed by atoms with van der Waals surface area (Å²) in [5.41, 5.74) is 1.53. The Morgan fingerprint density at radius 2 is 1.94 bits per heavy atom. The van der Waals surface area contributed by atoms with Crippen molar-refractivity contribution < 1.29 is 19.4 Å². The zero-order valence-electron chi connectivity index (χ0n) is 20.6. The summed E-state index contributed by atoms with van der Waals surface area (Å²) in [6.45, 7) is 11.1. The number of epoxide rings is 1. The van der Waals surface area contributed by atoms with Gasteiger partial charge in [-0.2, -0.15) is 0 Å². The summed E-state index contributed by atoms with van der Waals surface area (Å²) in [7, 11) is 0. The van der Waals surface area contributed by atoms with E-state index in [-0.39, 0.29) is 29.5 Å². The van der Waals surface area contributed by atoms with Crippen molar-refractivity contribution >= 4 is 12.0 Å². The third-order valence-corrected chi connectivity index (χ3v) is 9.14. The highest BCUT2D eigenvalue weighted by Gasteiger charge is 2.69. The highest BCUT2D eigenvalue weighted by Crippen LogP contribution is 2.65. The lowest BCUT2D eigenvalue weighted by Gasteiger charge is -2.36. The summed E-state index contributed by atoms with van der Waals surface area (Å²) < 4.78 is 12.7. The Hall–Kier alpha value is -1.91. The van der Waals surface area contributed by atoms with Gasteiger partial charge < -0.3 is 14.6 Å². The molecule has 8 atom stereocenters. The number of carbonyl (C=O) groups excluding carboxylic acids is 1. The Morgan fingerprint density at radius 3 is 2.67 bits per heavy atom. The van der Waals surface area contributed by atoms with Gasteiger partial charge in [0.25, 0.3) is 0 Å². The van der Waals surface area contributed by atoms with Crippen molar-refractivity contribution in [3.63, 3.8) is 0 Å². The molecule has 4 heteroatoms. The number of fused-ring (bicyclic) bond motifs is 4. The average molecular weight is 451 g/mol. The number of hydrogen-bond donors (Lipinski definition) is 1. The quantitative estimate of drug-likeness (QED) is 0.284. The van der Waals surface area contributed by atoms with Gasteiger partial charge in [-0.05, 0) is 67.9 Å². The molecule has 3 fully saturated rings. The van der Waals surface area contributed by atoms with E-state index >= 15 is 0 Å². The van der Waals surface area contributed by atoms with Gasteiger partial charge in [0.2, 0.25) is 0 Å². The number of aliphatic hydroxyl groups excluding tert-OH is 1. The lowest BCUT2D eigenvalue weighted by molar-refractivity contribution is -0.160. The van der Waals surface area contributed by atoms with Crippen LogP contribution in [-0.2, 0) is 14.3 Å². The Bertz CT molecular complexity index is 979. The molecule has 0 aromatic heterocycles. The van der Waals surface area contributed by atoms with E-state index in [9.17, 15) is 9.90 Å². The second-order valence-corrected chi connectivity index (χ2v) is 12.0. The fourth-order valence-electron chi connectivity index (χ4n) is 7.08. The van der Waals surface area contributed by atoms with E-state index in [1.54, 1.807) is 6.08 Å². The van der Waals surface area contributed by atoms with Crippen molar-refractivity contribution in [3.8, 4) is 0 Å². The van der Waals surface area contributed by atoms with Crippen LogP contribution in [0.15, 0.2) is 48.1 Å². The standard InChI is InChI=1S/C29H38O4/c1-18-15-22-21(27(22,3)4)13-14-28(5)26(33-28)24-25(31)19(2)17-29(24,16-18)32-23(30)12-11-20-9-7-6-8-10-20/h6-12,15,19,21-22,24-26,31H,13-14,16-17H2,1-5H3/b12-11+,18-15+/t19-,21-,22+,24+,25-,26+,28-,29+/m0/s1. The van der Waals surface area contributed by atoms with E-state index in [4.69, 9.17) is 9.47 Å². The Morgan fingerprint density at radius 1 is 1.21 bits per heavy atom. The van der Waals surface area contributed by atoms with Gasteiger partial charge in [-0.25, -0.2) is 4.79 Å². The lowest BCUT2D eigenvalue weighted by Crippen LogP contribution is -2.46. The van der Waals surface area contributed by atoms with Crippen molar-refractivity contribution in [2.45, 2.75) is 83.7 Å². The molecule has 1 aromatic rings. The van der Waals surface area contributed by atoms with Crippen molar-refractivity contribution in [2.24, 2.45) is 29.1 Å². The summed E-state index contributed by atoms with van der Waals surface area (Å²) in [6, 6.07) is 9.78. The fraction of sp³-hybridized carbons (Fsp3) is 0.621. The third-order valence-electron chi connectivity index (χ3n) is 9.14. The molecule has 178 valence electrons. The van der Waals surface area contributed by atoms with Crippen molar-refractivity contribution in [2.75, 3.05) is 0 Å². The van der Waals surface area contributed by atoms with Gasteiger partial charge >= 0.3 is 5.97 Å². The second-order valence-electron chi connectivity index (χ2n) is 12.0. The molecule has 1 aliphatic heterocycles. The average Bonchev–Trinajstić information content (AvgIpc) is 3.52. The predicted molar refractivity (Wildman–Crippen MR) is 129 cm³/mol. The maximum absolute atomic E-state index is 13.1. The number of rotatable bonds is 3. The molecule has 1 aromatic carbocycles.